The number of hydrogen-bond donors (Lipinski definition) is 5. The maximum Gasteiger partial charge on any atom is 0.435 e. The number of carbonyl (C=O) groups excluding carboxylic acids is 6. The number of carbonyl (C=O) groups is 6. The molecule has 6 rings (SSSR count). The van der Waals surface area contributed by atoms with E-state index in [0.717, 1.165) is 45.8 Å². The van der Waals surface area contributed by atoms with Gasteiger partial charge in [0, 0.05) is 87.1 Å². The van der Waals surface area contributed by atoms with Gasteiger partial charge in [-0.3, -0.25) is 14.6 Å². The van der Waals surface area contributed by atoms with Crippen LogP contribution < -0.4 is 16.0 Å². The van der Waals surface area contributed by atoms with Gasteiger partial charge in [-0.05, 0) is 10.0 Å². The first-order valence-electron chi connectivity index (χ1n) is 15.7. The molecule has 6 saturated heterocycles. The zero-order valence-electron chi connectivity index (χ0n) is 29.7. The highest BCUT2D eigenvalue weighted by Gasteiger charge is 2.43. The van der Waals surface area contributed by atoms with Crippen LogP contribution in [-0.4, -0.2) is 228 Å². The monoisotopic (exact) mass is 752 g/mol. The standard InChI is InChI=1S/C5H10N2O3.C5H10N2O2.C5H10N2O.C4H8N2O.C3H4N4O5.C3H6N2O/c8-3-6-1-2-7(4-9)5(6)10;1-6-3-4-7(9-2)5(6)8;1-6-3-4-7(2)5(6)8;1-6-3-2-5-4(6)7;8-3-4(6(9)10)1-2-5(3)7(11)12;6-3-4-1-2-5-3/h8-9H,1-4H2;3-4H2,1-2H3;3-4H2,1-2H3;2-3H2,1H3,(H,5,7);1-2H2;1-2H2,(H2,4,5,6). The maximum atomic E-state index is 10.9. The summed E-state index contributed by atoms with van der Waals surface area (Å²) >= 11 is 0. The number of urea groups is 6. The number of amides is 12. The van der Waals surface area contributed by atoms with E-state index in [9.17, 15) is 49.0 Å². The highest BCUT2D eigenvalue weighted by Crippen LogP contribution is 2.08. The van der Waals surface area contributed by atoms with Gasteiger partial charge < -0.3 is 45.8 Å². The molecule has 6 aliphatic rings. The van der Waals surface area contributed by atoms with Gasteiger partial charge in [0.2, 0.25) is 0 Å². The van der Waals surface area contributed by atoms with Crippen molar-refractivity contribution in [3.05, 3.63) is 20.2 Å². The fourth-order valence-electron chi connectivity index (χ4n) is 4.27. The smallest absolute Gasteiger partial charge is 0.376 e. The lowest BCUT2D eigenvalue weighted by Gasteiger charge is -2.13. The minimum Gasteiger partial charge on any atom is -0.376 e. The Hall–Kier alpha value is -5.70. The van der Waals surface area contributed by atoms with Crippen LogP contribution in [0.5, 0.6) is 0 Å². The van der Waals surface area contributed by atoms with Crippen molar-refractivity contribution in [1.82, 2.24) is 60.4 Å². The average Bonchev–Trinajstić information content (AvgIpc) is 3.98. The molecule has 0 aliphatic carbocycles. The van der Waals surface area contributed by atoms with E-state index in [1.807, 2.05) is 14.1 Å². The number of rotatable bonds is 5. The predicted octanol–water partition coefficient (Wildman–Crippen LogP) is -3.43. The molecule has 6 fully saturated rings. The van der Waals surface area contributed by atoms with Gasteiger partial charge in [0.15, 0.2) is 10.1 Å². The first-order valence-corrected chi connectivity index (χ1v) is 15.7. The van der Waals surface area contributed by atoms with Gasteiger partial charge in [0.1, 0.15) is 26.6 Å². The summed E-state index contributed by atoms with van der Waals surface area (Å²) in [7, 11) is 8.65. The van der Waals surface area contributed by atoms with Crippen LogP contribution in [0.2, 0.25) is 0 Å². The Morgan fingerprint density at radius 3 is 1.19 bits per heavy atom. The third-order valence-electron chi connectivity index (χ3n) is 7.47. The highest BCUT2D eigenvalue weighted by atomic mass is 16.7. The van der Waals surface area contributed by atoms with Crippen molar-refractivity contribution in [1.29, 1.82) is 0 Å². The lowest BCUT2D eigenvalue weighted by atomic mass is 10.6. The summed E-state index contributed by atoms with van der Waals surface area (Å²) in [5, 5.41) is 44.8. The van der Waals surface area contributed by atoms with Crippen LogP contribution >= 0.6 is 0 Å². The van der Waals surface area contributed by atoms with Gasteiger partial charge in [-0.25, -0.2) is 54.1 Å². The van der Waals surface area contributed by atoms with Gasteiger partial charge >= 0.3 is 36.2 Å². The fourth-order valence-corrected chi connectivity index (χ4v) is 4.27. The van der Waals surface area contributed by atoms with E-state index in [-0.39, 0.29) is 66.7 Å². The average molecular weight is 753 g/mol. The number of aliphatic hydroxyl groups excluding tert-OH is 2. The minimum absolute atomic E-state index is 0.0417. The largest absolute Gasteiger partial charge is 0.435 e. The molecular formula is C25H48N14O13. The summed E-state index contributed by atoms with van der Waals surface area (Å²) in [4.78, 5) is 97.7. The zero-order valence-corrected chi connectivity index (χ0v) is 29.7. The molecule has 296 valence electrons. The van der Waals surface area contributed by atoms with E-state index < -0.39 is 16.1 Å². The number of nitrogens with one attached hydrogen (secondary N) is 3. The van der Waals surface area contributed by atoms with Crippen LogP contribution in [-0.2, 0) is 4.84 Å². The van der Waals surface area contributed by atoms with E-state index in [4.69, 9.17) is 15.1 Å². The van der Waals surface area contributed by atoms with Gasteiger partial charge in [-0.2, -0.15) is 0 Å². The van der Waals surface area contributed by atoms with Crippen LogP contribution in [0.4, 0.5) is 28.8 Å². The number of nitrogens with zero attached hydrogens (tertiary/aromatic N) is 11. The lowest BCUT2D eigenvalue weighted by molar-refractivity contribution is -0.647. The molecular weight excluding hydrogens is 704 g/mol. The normalized spacial score (nSPS) is 19.0. The van der Waals surface area contributed by atoms with Crippen molar-refractivity contribution in [2.24, 2.45) is 0 Å². The molecule has 0 unspecified atom stereocenters. The first kappa shape index (κ1) is 44.3. The van der Waals surface area contributed by atoms with E-state index in [0.29, 0.717) is 19.6 Å². The second-order valence-electron chi connectivity index (χ2n) is 11.0. The van der Waals surface area contributed by atoms with E-state index in [1.165, 1.54) is 22.0 Å². The van der Waals surface area contributed by atoms with Crippen molar-refractivity contribution in [2.75, 3.05) is 127 Å². The van der Waals surface area contributed by atoms with Crippen molar-refractivity contribution < 1.29 is 53.9 Å². The van der Waals surface area contributed by atoms with Crippen molar-refractivity contribution in [3.63, 3.8) is 0 Å². The molecule has 0 aromatic heterocycles. The second kappa shape index (κ2) is 22.2. The highest BCUT2D eigenvalue weighted by molar-refractivity contribution is 5.77. The van der Waals surface area contributed by atoms with Gasteiger partial charge in [0.25, 0.3) is 0 Å². The van der Waals surface area contributed by atoms with Crippen LogP contribution in [0, 0.1) is 20.2 Å². The molecule has 0 atom stereocenters. The van der Waals surface area contributed by atoms with Crippen LogP contribution in [0.3, 0.4) is 0 Å². The Labute approximate surface area is 298 Å². The Kier molecular flexibility index (Phi) is 18.9. The number of likely N-dealkylation sites (N-methyl/N-ethyl adjacent to an activating group) is 4. The number of hydrazine groups is 2. The van der Waals surface area contributed by atoms with Crippen LogP contribution in [0.25, 0.3) is 0 Å². The number of aliphatic hydroxyl groups is 2. The lowest BCUT2D eigenvalue weighted by Crippen LogP contribution is -2.38. The van der Waals surface area contributed by atoms with Crippen molar-refractivity contribution in [2.45, 2.75) is 0 Å². The molecule has 27 heteroatoms. The quantitative estimate of drug-likeness (QED) is 0.135. The van der Waals surface area contributed by atoms with E-state index in [2.05, 4.69) is 16.0 Å². The number of hydrogen-bond acceptors (Lipinski definition) is 13. The summed E-state index contributed by atoms with van der Waals surface area (Å²) in [6, 6.07) is -1.44. The summed E-state index contributed by atoms with van der Waals surface area (Å²) in [6.45, 7) is 6.31. The molecule has 0 saturated carbocycles. The molecule has 5 N–H and O–H groups in total. The molecule has 0 radical (unpaired) electrons. The SMILES string of the molecule is CN1CCN(C)C1=O.CN1CCNC1=O.CON1CCN(C)C1=O.O=C1N(CO)CCN1CO.O=C1N([N+](=O)[O-])CCN1[N+](=O)[O-].O=C1NCCN1. The third kappa shape index (κ3) is 13.9. The molecule has 0 spiro atoms. The summed E-state index contributed by atoms with van der Waals surface area (Å²) in [5.74, 6) is 0. The summed E-state index contributed by atoms with van der Waals surface area (Å²) in [6.07, 6.45) is 0. The molecule has 0 aromatic carbocycles. The zero-order chi connectivity index (χ0) is 39.5. The van der Waals surface area contributed by atoms with Crippen molar-refractivity contribution in [3.8, 4) is 0 Å². The number of nitro groups is 2. The Morgan fingerprint density at radius 1 is 0.577 bits per heavy atom. The Morgan fingerprint density at radius 2 is 1.02 bits per heavy atom. The second-order valence-corrected chi connectivity index (χ2v) is 11.0. The van der Waals surface area contributed by atoms with E-state index in [1.54, 1.807) is 33.7 Å². The molecule has 6 heterocycles. The fraction of sp³-hybridized carbons (Fsp3) is 0.760. The third-order valence-corrected chi connectivity index (χ3v) is 7.47. The maximum absolute atomic E-state index is 10.9. The summed E-state index contributed by atoms with van der Waals surface area (Å²) in [5.41, 5.74) is 0. The van der Waals surface area contributed by atoms with Gasteiger partial charge in [0.05, 0.1) is 13.7 Å². The van der Waals surface area contributed by atoms with Crippen LogP contribution in [0.15, 0.2) is 0 Å². The molecule has 52 heavy (non-hydrogen) atoms. The number of hydroxylamine groups is 2. The molecule has 0 bridgehead atoms. The van der Waals surface area contributed by atoms with E-state index >= 15 is 0 Å². The minimum atomic E-state index is -1.20. The molecule has 12 amide bonds. The predicted molar refractivity (Wildman–Crippen MR) is 176 cm³/mol. The topological polar surface area (TPSA) is 304 Å². The Bertz CT molecular complexity index is 1210. The molecule has 27 nitrogen and oxygen atoms in total. The van der Waals surface area contributed by atoms with Gasteiger partial charge in [-0.15, -0.1) is 0 Å². The van der Waals surface area contributed by atoms with Gasteiger partial charge in [-0.1, -0.05) is 0 Å². The van der Waals surface area contributed by atoms with Crippen molar-refractivity contribution >= 4 is 36.2 Å². The first-order chi connectivity index (χ1) is 24.5. The summed E-state index contributed by atoms with van der Waals surface area (Å²) < 4.78 is 0. The Balaban J connectivity index is 0.000000316. The molecule has 0 aromatic rings. The van der Waals surface area contributed by atoms with Crippen LogP contribution in [0.1, 0.15) is 0 Å². The molecule has 6 aliphatic heterocycles.